The van der Waals surface area contributed by atoms with Crippen molar-refractivity contribution in [2.24, 2.45) is 51.2 Å². The lowest BCUT2D eigenvalue weighted by Crippen LogP contribution is -2.67. The van der Waals surface area contributed by atoms with Gasteiger partial charge in [-0.2, -0.15) is 0 Å². The molecule has 0 bridgehead atoms. The Morgan fingerprint density at radius 2 is 1.71 bits per heavy atom. The summed E-state index contributed by atoms with van der Waals surface area (Å²) in [5.74, 6) is -0.516. The van der Waals surface area contributed by atoms with Gasteiger partial charge in [0.1, 0.15) is 6.10 Å². The molecular weight excluding hydrogens is 428 g/mol. The second kappa shape index (κ2) is 7.18. The first-order chi connectivity index (χ1) is 15.7. The first-order valence-electron chi connectivity index (χ1n) is 13.5. The van der Waals surface area contributed by atoms with Crippen molar-refractivity contribution in [1.29, 1.82) is 0 Å². The molecule has 0 heterocycles. The van der Waals surface area contributed by atoms with Crippen LogP contribution in [0.25, 0.3) is 0 Å². The van der Waals surface area contributed by atoms with E-state index in [0.717, 1.165) is 32.1 Å². The van der Waals surface area contributed by atoms with Gasteiger partial charge in [0.05, 0.1) is 11.0 Å². The number of fused-ring (bicyclic) bond motifs is 7. The van der Waals surface area contributed by atoms with Crippen molar-refractivity contribution in [2.45, 2.75) is 105 Å². The first kappa shape index (κ1) is 24.5. The number of aliphatic hydroxyl groups excluding tert-OH is 1. The molecule has 0 aromatic rings. The minimum atomic E-state index is -1.06. The molecule has 4 saturated carbocycles. The number of carbonyl (C=O) groups excluding carboxylic acids is 1. The van der Waals surface area contributed by atoms with Crippen LogP contribution in [-0.4, -0.2) is 38.8 Å². The van der Waals surface area contributed by atoms with Crippen LogP contribution >= 0.6 is 0 Å². The molecule has 5 nitrogen and oxygen atoms in total. The summed E-state index contributed by atoms with van der Waals surface area (Å²) in [7, 11) is 0. The highest BCUT2D eigenvalue weighted by molar-refractivity contribution is 5.85. The van der Waals surface area contributed by atoms with Gasteiger partial charge in [-0.05, 0) is 91.8 Å². The monoisotopic (exact) mass is 472 g/mol. The van der Waals surface area contributed by atoms with Gasteiger partial charge < -0.3 is 15.3 Å². The van der Waals surface area contributed by atoms with Gasteiger partial charge >= 0.3 is 5.97 Å². The number of ketones is 1. The summed E-state index contributed by atoms with van der Waals surface area (Å²) in [5.41, 5.74) is -1.24. The van der Waals surface area contributed by atoms with Gasteiger partial charge in [0.2, 0.25) is 0 Å². The predicted octanol–water partition coefficient (Wildman–Crippen LogP) is 4.99. The molecule has 0 spiro atoms. The normalized spacial score (nSPS) is 56.9. The molecule has 0 aromatic carbocycles. The summed E-state index contributed by atoms with van der Waals surface area (Å²) in [6.45, 7) is 13.0. The van der Waals surface area contributed by atoms with Gasteiger partial charge in [-0.25, -0.2) is 0 Å². The Morgan fingerprint density at radius 3 is 2.35 bits per heavy atom. The zero-order valence-corrected chi connectivity index (χ0v) is 21.9. The van der Waals surface area contributed by atoms with Gasteiger partial charge in [-0.15, -0.1) is 0 Å². The quantitative estimate of drug-likeness (QED) is 0.467. The van der Waals surface area contributed by atoms with E-state index in [-0.39, 0.29) is 39.8 Å². The highest BCUT2D eigenvalue weighted by Crippen LogP contribution is 2.75. The standard InChI is InChI=1S/C29H44O5/c1-16-9-12-29(24(32)33)14-13-26(4)19(23(29)28(16,6)34)7-8-21-25(3)15-20(30)22(31)17(2)18(25)10-11-27(21,26)5/h7,16-18,21-23,31,34H,8-15H2,1-6H3,(H,32,33)/t16-,17+,18+,21-,22-,23-,25+,26-,27-,28-,29+/m1/s1. The smallest absolute Gasteiger partial charge is 0.310 e. The molecular formula is C29H44O5. The molecule has 0 unspecified atom stereocenters. The minimum absolute atomic E-state index is 0.0204. The van der Waals surface area contributed by atoms with Crippen LogP contribution < -0.4 is 0 Å². The number of rotatable bonds is 1. The fourth-order valence-electron chi connectivity index (χ4n) is 10.4. The average Bonchev–Trinajstić information content (AvgIpc) is 2.75. The van der Waals surface area contributed by atoms with E-state index in [9.17, 15) is 24.9 Å². The van der Waals surface area contributed by atoms with E-state index >= 15 is 0 Å². The molecule has 0 aliphatic heterocycles. The van der Waals surface area contributed by atoms with E-state index in [2.05, 4.69) is 33.8 Å². The van der Waals surface area contributed by atoms with Crippen molar-refractivity contribution in [3.05, 3.63) is 11.6 Å². The SMILES string of the molecule is C[C@@H]1[C@@H](O)C(=O)C[C@]2(C)[C@H]3CC=C4[C@H]5[C@](C(=O)O)(CC[C@@H](C)[C@@]5(C)O)CC[C@@]4(C)[C@]3(C)CC[C@@H]12. The number of hydrogen-bond acceptors (Lipinski definition) is 4. The Labute approximate surface area is 204 Å². The summed E-state index contributed by atoms with van der Waals surface area (Å²) >= 11 is 0. The lowest BCUT2D eigenvalue weighted by molar-refractivity contribution is -0.206. The van der Waals surface area contributed by atoms with Crippen molar-refractivity contribution >= 4 is 11.8 Å². The van der Waals surface area contributed by atoms with Gasteiger partial charge in [0.15, 0.2) is 5.78 Å². The molecule has 5 heteroatoms. The summed E-state index contributed by atoms with van der Waals surface area (Å²) < 4.78 is 0. The van der Waals surface area contributed by atoms with Crippen molar-refractivity contribution in [2.75, 3.05) is 0 Å². The fourth-order valence-corrected chi connectivity index (χ4v) is 10.4. The number of allylic oxidation sites excluding steroid dienone is 1. The van der Waals surface area contributed by atoms with Crippen molar-refractivity contribution in [3.8, 4) is 0 Å². The molecule has 0 saturated heterocycles. The summed E-state index contributed by atoms with van der Waals surface area (Å²) in [6, 6.07) is 0. The predicted molar refractivity (Wildman–Crippen MR) is 130 cm³/mol. The minimum Gasteiger partial charge on any atom is -0.481 e. The van der Waals surface area contributed by atoms with E-state index in [4.69, 9.17) is 0 Å². The van der Waals surface area contributed by atoms with Crippen molar-refractivity contribution < 1.29 is 24.9 Å². The lowest BCUT2D eigenvalue weighted by Gasteiger charge is -2.70. The Hall–Kier alpha value is -1.20. The summed E-state index contributed by atoms with van der Waals surface area (Å²) in [6.07, 6.45) is 7.48. The van der Waals surface area contributed by atoms with Crippen molar-refractivity contribution in [3.63, 3.8) is 0 Å². The Kier molecular flexibility index (Phi) is 5.18. The van der Waals surface area contributed by atoms with E-state index in [1.165, 1.54) is 5.57 Å². The first-order valence-corrected chi connectivity index (χ1v) is 13.5. The van der Waals surface area contributed by atoms with Gasteiger partial charge in [0, 0.05) is 12.3 Å². The zero-order valence-electron chi connectivity index (χ0n) is 21.9. The van der Waals surface area contributed by atoms with Crippen molar-refractivity contribution in [1.82, 2.24) is 0 Å². The molecule has 5 rings (SSSR count). The van der Waals surface area contributed by atoms with Crippen LogP contribution in [0.15, 0.2) is 11.6 Å². The Morgan fingerprint density at radius 1 is 1.03 bits per heavy atom. The molecule has 4 fully saturated rings. The fraction of sp³-hybridized carbons (Fsp3) is 0.862. The summed E-state index contributed by atoms with van der Waals surface area (Å²) in [5, 5.41) is 32.9. The van der Waals surface area contributed by atoms with Gasteiger partial charge in [0.25, 0.3) is 0 Å². The van der Waals surface area contributed by atoms with Gasteiger partial charge in [-0.3, -0.25) is 9.59 Å². The van der Waals surface area contributed by atoms with E-state index in [1.54, 1.807) is 0 Å². The Balaban J connectivity index is 1.64. The highest BCUT2D eigenvalue weighted by atomic mass is 16.4. The number of carbonyl (C=O) groups is 2. The number of aliphatic carboxylic acids is 1. The second-order valence-electron chi connectivity index (χ2n) is 13.9. The van der Waals surface area contributed by atoms with Crippen LogP contribution in [0.2, 0.25) is 0 Å². The van der Waals surface area contributed by atoms with Crippen LogP contribution in [0.3, 0.4) is 0 Å². The number of carboxylic acid groups (broad SMARTS) is 1. The van der Waals surface area contributed by atoms with E-state index in [1.807, 2.05) is 13.8 Å². The maximum Gasteiger partial charge on any atom is 0.310 e. The molecule has 0 radical (unpaired) electrons. The number of aliphatic hydroxyl groups is 2. The largest absolute Gasteiger partial charge is 0.481 e. The molecule has 3 N–H and O–H groups in total. The number of carboxylic acids is 1. The second-order valence-corrected chi connectivity index (χ2v) is 13.9. The molecule has 0 aromatic heterocycles. The van der Waals surface area contributed by atoms with Gasteiger partial charge in [-0.1, -0.05) is 46.3 Å². The van der Waals surface area contributed by atoms with E-state index < -0.39 is 23.1 Å². The molecule has 0 amide bonds. The van der Waals surface area contributed by atoms with Crippen LogP contribution in [-0.2, 0) is 9.59 Å². The lowest BCUT2D eigenvalue weighted by atomic mass is 9.34. The van der Waals surface area contributed by atoms with Crippen LogP contribution in [0, 0.1) is 51.2 Å². The zero-order chi connectivity index (χ0) is 25.1. The third-order valence-electron chi connectivity index (χ3n) is 12.8. The topological polar surface area (TPSA) is 94.8 Å². The van der Waals surface area contributed by atoms with E-state index in [0.29, 0.717) is 31.1 Å². The maximum absolute atomic E-state index is 12.9. The Bertz CT molecular complexity index is 952. The maximum atomic E-state index is 12.9. The highest BCUT2D eigenvalue weighted by Gasteiger charge is 2.71. The van der Waals surface area contributed by atoms with Crippen LogP contribution in [0.5, 0.6) is 0 Å². The third kappa shape index (κ3) is 2.69. The molecule has 5 aliphatic rings. The molecule has 5 aliphatic carbocycles. The molecule has 34 heavy (non-hydrogen) atoms. The summed E-state index contributed by atoms with van der Waals surface area (Å²) in [4.78, 5) is 25.7. The van der Waals surface area contributed by atoms with Crippen LogP contribution in [0.4, 0.5) is 0 Å². The number of Topliss-reactive ketones (excluding diaryl/α,β-unsaturated/α-hetero) is 1. The van der Waals surface area contributed by atoms with Crippen LogP contribution in [0.1, 0.15) is 92.9 Å². The average molecular weight is 473 g/mol. The molecule has 190 valence electrons. The molecule has 11 atom stereocenters. The number of hydrogen-bond donors (Lipinski definition) is 3. The third-order valence-corrected chi connectivity index (χ3v) is 12.8.